The second-order valence-electron chi connectivity index (χ2n) is 7.32. The van der Waals surface area contributed by atoms with Crippen LogP contribution in [0.5, 0.6) is 5.75 Å². The van der Waals surface area contributed by atoms with Crippen molar-refractivity contribution in [3.63, 3.8) is 0 Å². The zero-order chi connectivity index (χ0) is 18.1. The molecule has 0 radical (unpaired) electrons. The van der Waals surface area contributed by atoms with E-state index in [1.807, 2.05) is 17.9 Å². The predicted molar refractivity (Wildman–Crippen MR) is 96.8 cm³/mol. The van der Waals surface area contributed by atoms with Gasteiger partial charge in [-0.1, -0.05) is 6.07 Å². The van der Waals surface area contributed by atoms with Crippen LogP contribution >= 0.6 is 0 Å². The maximum Gasteiger partial charge on any atom is 0.226 e. The van der Waals surface area contributed by atoms with Crippen LogP contribution in [0.4, 0.5) is 0 Å². The van der Waals surface area contributed by atoms with Gasteiger partial charge in [-0.25, -0.2) is 0 Å². The lowest BCUT2D eigenvalue weighted by Crippen LogP contribution is -2.56. The van der Waals surface area contributed by atoms with Crippen molar-refractivity contribution in [2.45, 2.75) is 51.1 Å². The molecule has 0 unspecified atom stereocenters. The monoisotopic (exact) mass is 360 g/mol. The highest BCUT2D eigenvalue weighted by Crippen LogP contribution is 2.45. The van der Waals surface area contributed by atoms with Gasteiger partial charge in [0, 0.05) is 44.6 Å². The van der Waals surface area contributed by atoms with Gasteiger partial charge in [-0.15, -0.1) is 0 Å². The first kappa shape index (κ1) is 17.8. The molecule has 3 aliphatic rings. The van der Waals surface area contributed by atoms with Crippen LogP contribution in [0.1, 0.15) is 37.3 Å². The quantitative estimate of drug-likeness (QED) is 0.778. The van der Waals surface area contributed by atoms with Crippen molar-refractivity contribution < 1.29 is 19.0 Å². The van der Waals surface area contributed by atoms with Crippen LogP contribution in [0, 0.1) is 0 Å². The van der Waals surface area contributed by atoms with Crippen LogP contribution in [0.2, 0.25) is 0 Å². The molecule has 3 aliphatic heterocycles. The molecular weight excluding hydrogens is 332 g/mol. The maximum atomic E-state index is 12.5. The molecule has 3 saturated heterocycles. The summed E-state index contributed by atoms with van der Waals surface area (Å²) in [4.78, 5) is 16.9. The van der Waals surface area contributed by atoms with Gasteiger partial charge < -0.3 is 19.1 Å². The highest BCUT2D eigenvalue weighted by atomic mass is 16.5. The van der Waals surface area contributed by atoms with E-state index >= 15 is 0 Å². The minimum atomic E-state index is -0.379. The number of nitrogens with zero attached hydrogens (tertiary/aromatic N) is 2. The fraction of sp³-hybridized carbons (Fsp3) is 0.650. The fourth-order valence-electron chi connectivity index (χ4n) is 4.71. The Kier molecular flexibility index (Phi) is 4.90. The first-order chi connectivity index (χ1) is 12.7. The number of hydrogen-bond donors (Lipinski definition) is 0. The second-order valence-corrected chi connectivity index (χ2v) is 7.32. The molecule has 1 aromatic carbocycles. The van der Waals surface area contributed by atoms with Crippen LogP contribution in [0.25, 0.3) is 0 Å². The molecule has 3 heterocycles. The van der Waals surface area contributed by atoms with Crippen LogP contribution in [-0.2, 0) is 27.4 Å². The van der Waals surface area contributed by atoms with Crippen LogP contribution in [-0.4, -0.2) is 60.9 Å². The Hall–Kier alpha value is -1.63. The van der Waals surface area contributed by atoms with Gasteiger partial charge in [0.2, 0.25) is 5.91 Å². The van der Waals surface area contributed by atoms with E-state index in [4.69, 9.17) is 14.2 Å². The standard InChI is InChI=1S/C20H28N2O4/c1-3-25-14-16-11-15(5-6-17(16)24-2)13-21-9-7-20-18(21)12-19(23)22(20)8-4-10-26-20/h5-6,11,18H,3-4,7-10,12-14H2,1-2H3/t18-,20+/m1/s1. The summed E-state index contributed by atoms with van der Waals surface area (Å²) in [5, 5.41) is 0. The summed E-state index contributed by atoms with van der Waals surface area (Å²) in [6.45, 7) is 6.60. The molecule has 3 fully saturated rings. The lowest BCUT2D eigenvalue weighted by Gasteiger charge is -2.42. The molecule has 6 heteroatoms. The third kappa shape index (κ3) is 2.90. The smallest absolute Gasteiger partial charge is 0.226 e. The molecule has 6 nitrogen and oxygen atoms in total. The molecule has 26 heavy (non-hydrogen) atoms. The summed E-state index contributed by atoms with van der Waals surface area (Å²) in [5.41, 5.74) is 1.91. The fourth-order valence-corrected chi connectivity index (χ4v) is 4.71. The number of carbonyl (C=O) groups is 1. The van der Waals surface area contributed by atoms with Gasteiger partial charge in [-0.3, -0.25) is 9.69 Å². The van der Waals surface area contributed by atoms with E-state index in [-0.39, 0.29) is 17.7 Å². The largest absolute Gasteiger partial charge is 0.496 e. The third-order valence-corrected chi connectivity index (χ3v) is 5.91. The zero-order valence-electron chi connectivity index (χ0n) is 15.7. The Morgan fingerprint density at radius 1 is 1.35 bits per heavy atom. The van der Waals surface area contributed by atoms with E-state index in [9.17, 15) is 4.79 Å². The Morgan fingerprint density at radius 3 is 3.04 bits per heavy atom. The van der Waals surface area contributed by atoms with Crippen LogP contribution in [0.15, 0.2) is 18.2 Å². The highest BCUT2D eigenvalue weighted by molar-refractivity contribution is 5.81. The number of methoxy groups -OCH3 is 1. The van der Waals surface area contributed by atoms with Gasteiger partial charge in [0.15, 0.2) is 5.72 Å². The molecule has 1 spiro atoms. The molecule has 142 valence electrons. The van der Waals surface area contributed by atoms with E-state index < -0.39 is 0 Å². The summed E-state index contributed by atoms with van der Waals surface area (Å²) in [5.74, 6) is 1.10. The molecule has 0 aromatic heterocycles. The van der Waals surface area contributed by atoms with E-state index in [1.165, 1.54) is 5.56 Å². The first-order valence-corrected chi connectivity index (χ1v) is 9.60. The van der Waals surface area contributed by atoms with Gasteiger partial charge >= 0.3 is 0 Å². The Bertz CT molecular complexity index is 680. The van der Waals surface area contributed by atoms with Gasteiger partial charge in [0.25, 0.3) is 0 Å². The summed E-state index contributed by atoms with van der Waals surface area (Å²) in [6, 6.07) is 6.44. The lowest BCUT2D eigenvalue weighted by molar-refractivity contribution is -0.180. The van der Waals surface area contributed by atoms with Gasteiger partial charge in [0.05, 0.1) is 26.4 Å². The zero-order valence-corrected chi connectivity index (χ0v) is 15.7. The SMILES string of the molecule is CCOCc1cc(CN2CC[C@@]34OCCCN3C(=O)C[C@@H]24)ccc1OC. The Labute approximate surface area is 155 Å². The van der Waals surface area contributed by atoms with Crippen molar-refractivity contribution in [3.8, 4) is 5.75 Å². The number of amides is 1. The third-order valence-electron chi connectivity index (χ3n) is 5.91. The second kappa shape index (κ2) is 7.18. The van der Waals surface area contributed by atoms with Crippen LogP contribution < -0.4 is 4.74 Å². The Morgan fingerprint density at radius 2 is 2.23 bits per heavy atom. The summed E-state index contributed by atoms with van der Waals surface area (Å²) in [7, 11) is 1.69. The average molecular weight is 360 g/mol. The molecule has 0 aliphatic carbocycles. The number of carbonyl (C=O) groups excluding carboxylic acids is 1. The highest BCUT2D eigenvalue weighted by Gasteiger charge is 2.60. The average Bonchev–Trinajstić information content (AvgIpc) is 3.13. The molecule has 1 amide bonds. The molecule has 0 bridgehead atoms. The van der Waals surface area contributed by atoms with Gasteiger partial charge in [-0.05, 0) is 31.0 Å². The number of rotatable bonds is 6. The minimum Gasteiger partial charge on any atom is -0.496 e. The lowest BCUT2D eigenvalue weighted by atomic mass is 10.0. The maximum absolute atomic E-state index is 12.5. The topological polar surface area (TPSA) is 51.2 Å². The van der Waals surface area contributed by atoms with Crippen molar-refractivity contribution >= 4 is 5.91 Å². The van der Waals surface area contributed by atoms with Crippen molar-refractivity contribution in [1.29, 1.82) is 0 Å². The molecule has 4 rings (SSSR count). The number of benzene rings is 1. The van der Waals surface area contributed by atoms with Crippen molar-refractivity contribution in [2.75, 3.05) is 33.4 Å². The van der Waals surface area contributed by atoms with Crippen molar-refractivity contribution in [3.05, 3.63) is 29.3 Å². The summed E-state index contributed by atoms with van der Waals surface area (Å²) >= 11 is 0. The van der Waals surface area contributed by atoms with E-state index in [0.717, 1.165) is 50.4 Å². The molecule has 0 saturated carbocycles. The van der Waals surface area contributed by atoms with E-state index in [1.54, 1.807) is 7.11 Å². The van der Waals surface area contributed by atoms with E-state index in [0.29, 0.717) is 19.6 Å². The number of likely N-dealkylation sites (tertiary alicyclic amines) is 1. The first-order valence-electron chi connectivity index (χ1n) is 9.60. The van der Waals surface area contributed by atoms with Gasteiger partial charge in [-0.2, -0.15) is 0 Å². The summed E-state index contributed by atoms with van der Waals surface area (Å²) in [6.07, 6.45) is 2.42. The van der Waals surface area contributed by atoms with Gasteiger partial charge in [0.1, 0.15) is 5.75 Å². The minimum absolute atomic E-state index is 0.160. The predicted octanol–water partition coefficient (Wildman–Crippen LogP) is 2.15. The number of hydrogen-bond acceptors (Lipinski definition) is 5. The van der Waals surface area contributed by atoms with Crippen LogP contribution in [0.3, 0.4) is 0 Å². The molecular formula is C20H28N2O4. The molecule has 2 atom stereocenters. The Balaban J connectivity index is 1.52. The van der Waals surface area contributed by atoms with E-state index in [2.05, 4.69) is 17.0 Å². The van der Waals surface area contributed by atoms with Crippen molar-refractivity contribution in [2.24, 2.45) is 0 Å². The molecule has 1 aromatic rings. The summed E-state index contributed by atoms with van der Waals surface area (Å²) < 4.78 is 17.2. The number of ether oxygens (including phenoxy) is 3. The molecule has 0 N–H and O–H groups in total. The normalized spacial score (nSPS) is 28.3. The van der Waals surface area contributed by atoms with Crippen molar-refractivity contribution in [1.82, 2.24) is 9.80 Å².